The lowest BCUT2D eigenvalue weighted by molar-refractivity contribution is 0.0733. The Bertz CT molecular complexity index is 1020. The summed E-state index contributed by atoms with van der Waals surface area (Å²) in [5, 5.41) is 13.2. The number of hydrogen-bond donors (Lipinski definition) is 1. The molecule has 0 saturated heterocycles. The van der Waals surface area contributed by atoms with Gasteiger partial charge in [0.15, 0.2) is 11.4 Å². The zero-order chi connectivity index (χ0) is 21.6. The van der Waals surface area contributed by atoms with Crippen LogP contribution in [-0.2, 0) is 13.0 Å². The molecule has 3 rings (SSSR count). The lowest BCUT2D eigenvalue weighted by Crippen LogP contribution is -2.39. The van der Waals surface area contributed by atoms with Gasteiger partial charge >= 0.3 is 0 Å². The van der Waals surface area contributed by atoms with E-state index in [4.69, 9.17) is 0 Å². The van der Waals surface area contributed by atoms with Crippen LogP contribution in [-0.4, -0.2) is 39.3 Å². The fourth-order valence-electron chi connectivity index (χ4n) is 2.91. The van der Waals surface area contributed by atoms with Gasteiger partial charge in [0.05, 0.1) is 12.7 Å². The Morgan fingerprint density at radius 1 is 1.21 bits per heavy atom. The first-order chi connectivity index (χ1) is 13.8. The largest absolute Gasteiger partial charge is 0.502 e. The number of nitrogens with zero attached hydrogens (tertiary/aromatic N) is 3. The second-order valence-electron chi connectivity index (χ2n) is 6.88. The van der Waals surface area contributed by atoms with Crippen LogP contribution in [0.1, 0.15) is 28.5 Å². The molecule has 0 unspecified atom stereocenters. The van der Waals surface area contributed by atoms with E-state index in [0.717, 1.165) is 12.6 Å². The van der Waals surface area contributed by atoms with Crippen molar-refractivity contribution in [1.29, 1.82) is 0 Å². The third kappa shape index (κ3) is 5.10. The van der Waals surface area contributed by atoms with E-state index >= 15 is 0 Å². The van der Waals surface area contributed by atoms with Crippen LogP contribution in [0.2, 0.25) is 0 Å². The monoisotopic (exact) mass is 393 g/mol. The van der Waals surface area contributed by atoms with E-state index in [9.17, 15) is 14.7 Å². The highest BCUT2D eigenvalue weighted by atomic mass is 16.3. The Morgan fingerprint density at radius 3 is 2.52 bits per heavy atom. The summed E-state index contributed by atoms with van der Waals surface area (Å²) in [7, 11) is 1.61. The summed E-state index contributed by atoms with van der Waals surface area (Å²) in [5.74, 6) is -0.893. The number of aromatic hydroxyl groups is 1. The van der Waals surface area contributed by atoms with Crippen LogP contribution < -0.4 is 5.43 Å². The number of carbonyl (C=O) groups is 1. The SMILES string of the molecule is C=C/C(C)=C(\C=C)Cc1ccccc1C.CN1CCn2ncc(=O)c(O)c2C1=O. The predicted molar refractivity (Wildman–Crippen MR) is 115 cm³/mol. The molecule has 6 nitrogen and oxygen atoms in total. The molecule has 1 aliphatic heterocycles. The fraction of sp³-hybridized carbons (Fsp3) is 0.261. The van der Waals surface area contributed by atoms with Crippen molar-refractivity contribution in [3.63, 3.8) is 0 Å². The highest BCUT2D eigenvalue weighted by molar-refractivity contribution is 5.95. The van der Waals surface area contributed by atoms with Gasteiger partial charge in [-0.25, -0.2) is 0 Å². The van der Waals surface area contributed by atoms with Gasteiger partial charge < -0.3 is 10.0 Å². The number of allylic oxidation sites excluding steroid dienone is 4. The number of fused-ring (bicyclic) bond motifs is 1. The Hall–Kier alpha value is -3.41. The standard InChI is InChI=1S/C15H18.C8H9N3O3/c1-5-12(3)14(6-2)11-15-10-8-7-9-13(15)4;1-10-2-3-11-6(8(10)14)7(13)5(12)4-9-11/h5-10H,1-2,11H2,3-4H3;4,13H,2-3H2,1H3/b14-12+;. The van der Waals surface area contributed by atoms with E-state index in [1.165, 1.54) is 31.9 Å². The minimum absolute atomic E-state index is 0.0220. The van der Waals surface area contributed by atoms with Gasteiger partial charge in [-0.3, -0.25) is 14.3 Å². The molecule has 1 N–H and O–H groups in total. The number of amides is 1. The third-order valence-corrected chi connectivity index (χ3v) is 4.93. The summed E-state index contributed by atoms with van der Waals surface area (Å²) in [6, 6.07) is 8.44. The topological polar surface area (TPSA) is 75.4 Å². The van der Waals surface area contributed by atoms with Gasteiger partial charge in [0, 0.05) is 13.6 Å². The van der Waals surface area contributed by atoms with Crippen molar-refractivity contribution in [1.82, 2.24) is 14.7 Å². The molecular weight excluding hydrogens is 366 g/mol. The summed E-state index contributed by atoms with van der Waals surface area (Å²) < 4.78 is 1.35. The predicted octanol–water partition coefficient (Wildman–Crippen LogP) is 3.26. The number of benzene rings is 1. The second kappa shape index (κ2) is 9.68. The minimum atomic E-state index is -0.625. The molecule has 6 heteroatoms. The molecule has 0 aliphatic carbocycles. The lowest BCUT2D eigenvalue weighted by atomic mass is 9.97. The summed E-state index contributed by atoms with van der Waals surface area (Å²) in [6.45, 7) is 12.9. The van der Waals surface area contributed by atoms with Gasteiger partial charge in [-0.1, -0.05) is 49.6 Å². The maximum atomic E-state index is 11.6. The molecule has 1 aliphatic rings. The van der Waals surface area contributed by atoms with Gasteiger partial charge in [0.2, 0.25) is 5.43 Å². The van der Waals surface area contributed by atoms with E-state index in [2.05, 4.69) is 56.4 Å². The van der Waals surface area contributed by atoms with Crippen molar-refractivity contribution in [2.45, 2.75) is 26.8 Å². The Kier molecular flexibility index (Phi) is 7.31. The molecular formula is C23H27N3O3. The third-order valence-electron chi connectivity index (χ3n) is 4.93. The van der Waals surface area contributed by atoms with Crippen molar-refractivity contribution in [3.8, 4) is 5.75 Å². The lowest BCUT2D eigenvalue weighted by Gasteiger charge is -2.25. The minimum Gasteiger partial charge on any atom is -0.502 e. The van der Waals surface area contributed by atoms with Gasteiger partial charge in [-0.2, -0.15) is 5.10 Å². The van der Waals surface area contributed by atoms with E-state index in [-0.39, 0.29) is 11.6 Å². The van der Waals surface area contributed by atoms with Crippen LogP contribution in [0.3, 0.4) is 0 Å². The van der Waals surface area contributed by atoms with Crippen LogP contribution in [0.15, 0.2) is 71.7 Å². The van der Waals surface area contributed by atoms with Crippen LogP contribution in [0.4, 0.5) is 0 Å². The van der Waals surface area contributed by atoms with Gasteiger partial charge in [0.1, 0.15) is 0 Å². The van der Waals surface area contributed by atoms with Crippen LogP contribution in [0.5, 0.6) is 5.75 Å². The molecule has 0 fully saturated rings. The molecule has 1 amide bonds. The van der Waals surface area contributed by atoms with Crippen LogP contribution in [0, 0.1) is 6.92 Å². The van der Waals surface area contributed by atoms with Gasteiger partial charge in [-0.15, -0.1) is 0 Å². The molecule has 0 saturated carbocycles. The van der Waals surface area contributed by atoms with E-state index in [1.807, 2.05) is 12.2 Å². The number of rotatable bonds is 4. The summed E-state index contributed by atoms with van der Waals surface area (Å²) in [4.78, 5) is 24.0. The highest BCUT2D eigenvalue weighted by Crippen LogP contribution is 2.17. The van der Waals surface area contributed by atoms with Crippen molar-refractivity contribution >= 4 is 5.91 Å². The Labute approximate surface area is 171 Å². The fourth-order valence-corrected chi connectivity index (χ4v) is 2.91. The highest BCUT2D eigenvalue weighted by Gasteiger charge is 2.26. The number of aromatic nitrogens is 2. The Morgan fingerprint density at radius 2 is 1.90 bits per heavy atom. The molecule has 0 bridgehead atoms. The maximum absolute atomic E-state index is 11.6. The zero-order valence-electron chi connectivity index (χ0n) is 17.2. The van der Waals surface area contributed by atoms with Gasteiger partial charge in [0.25, 0.3) is 5.91 Å². The molecule has 2 aromatic rings. The van der Waals surface area contributed by atoms with Crippen LogP contribution in [0.25, 0.3) is 0 Å². The number of likely N-dealkylation sites (N-methyl/N-ethyl adjacent to an activating group) is 1. The first-order valence-electron chi connectivity index (χ1n) is 9.33. The molecule has 2 heterocycles. The molecule has 1 aromatic heterocycles. The van der Waals surface area contributed by atoms with Crippen LogP contribution >= 0.6 is 0 Å². The van der Waals surface area contributed by atoms with Crippen molar-refractivity contribution < 1.29 is 9.90 Å². The average molecular weight is 393 g/mol. The van der Waals surface area contributed by atoms with Crippen molar-refractivity contribution in [2.24, 2.45) is 0 Å². The molecule has 0 radical (unpaired) electrons. The number of hydrogen-bond acceptors (Lipinski definition) is 4. The van der Waals surface area contributed by atoms with Crippen molar-refractivity contribution in [3.05, 3.63) is 94.0 Å². The van der Waals surface area contributed by atoms with Gasteiger partial charge in [-0.05, 0) is 42.5 Å². The Balaban J connectivity index is 0.000000207. The zero-order valence-corrected chi connectivity index (χ0v) is 17.2. The number of carbonyl (C=O) groups excluding carboxylic acids is 1. The summed E-state index contributed by atoms with van der Waals surface area (Å²) in [5.41, 5.74) is 4.49. The summed E-state index contributed by atoms with van der Waals surface area (Å²) >= 11 is 0. The van der Waals surface area contributed by atoms with E-state index < -0.39 is 11.2 Å². The molecule has 0 spiro atoms. The number of aryl methyl sites for hydroxylation is 1. The van der Waals surface area contributed by atoms with Crippen molar-refractivity contribution in [2.75, 3.05) is 13.6 Å². The second-order valence-corrected chi connectivity index (χ2v) is 6.88. The average Bonchev–Trinajstić information content (AvgIpc) is 2.72. The normalized spacial score (nSPS) is 13.6. The smallest absolute Gasteiger partial charge is 0.275 e. The quantitative estimate of drug-likeness (QED) is 0.809. The molecule has 1 aromatic carbocycles. The summed E-state index contributed by atoms with van der Waals surface area (Å²) in [6.07, 6.45) is 5.75. The molecule has 0 atom stereocenters. The molecule has 29 heavy (non-hydrogen) atoms. The van der Waals surface area contributed by atoms with E-state index in [1.54, 1.807) is 7.05 Å². The first-order valence-corrected chi connectivity index (χ1v) is 9.33. The maximum Gasteiger partial charge on any atom is 0.275 e. The van der Waals surface area contributed by atoms with E-state index in [0.29, 0.717) is 13.1 Å². The first kappa shape index (κ1) is 21.9. The molecule has 152 valence electrons.